The Kier molecular flexibility index (Phi) is 16.8. The lowest BCUT2D eigenvalue weighted by Crippen LogP contribution is -2.39. The van der Waals surface area contributed by atoms with Gasteiger partial charge in [0.2, 0.25) is 0 Å². The van der Waals surface area contributed by atoms with E-state index >= 15 is 0 Å². The van der Waals surface area contributed by atoms with Crippen molar-refractivity contribution in [1.82, 2.24) is 15.5 Å². The van der Waals surface area contributed by atoms with Gasteiger partial charge in [0.1, 0.15) is 0 Å². The molecule has 0 saturated heterocycles. The fraction of sp³-hybridized carbons (Fsp3) is 0.667. The molecule has 8 heteroatoms. The van der Waals surface area contributed by atoms with E-state index in [4.69, 9.17) is 14.2 Å². The third-order valence-corrected chi connectivity index (χ3v) is 4.37. The molecule has 0 aliphatic rings. The van der Waals surface area contributed by atoms with Crippen LogP contribution in [-0.4, -0.2) is 78.6 Å². The fourth-order valence-electron chi connectivity index (χ4n) is 2.78. The zero-order chi connectivity index (χ0) is 20.6. The number of nitrogens with zero attached hydrogens (tertiary/aromatic N) is 2. The van der Waals surface area contributed by atoms with Crippen LogP contribution >= 0.6 is 24.0 Å². The minimum atomic E-state index is 0. The standard InChI is InChI=1S/C21H38N4O3.HI/c1-6-28-20-17-18(10-11-19(20)27-5)9-7-12-23-21(22-2)24-13-8-14-25(3)15-16-26-4;/h10-11,17H,6-9,12-16H2,1-5H3,(H2,22,23,24);1H. The van der Waals surface area contributed by atoms with E-state index < -0.39 is 0 Å². The normalized spacial score (nSPS) is 11.2. The van der Waals surface area contributed by atoms with Crippen LogP contribution < -0.4 is 20.1 Å². The van der Waals surface area contributed by atoms with E-state index in [2.05, 4.69) is 39.7 Å². The molecule has 2 N–H and O–H groups in total. The van der Waals surface area contributed by atoms with Crippen molar-refractivity contribution in [1.29, 1.82) is 0 Å². The van der Waals surface area contributed by atoms with Crippen LogP contribution in [0.2, 0.25) is 0 Å². The number of ether oxygens (including phenoxy) is 3. The maximum atomic E-state index is 5.64. The lowest BCUT2D eigenvalue weighted by atomic mass is 10.1. The van der Waals surface area contributed by atoms with Gasteiger partial charge >= 0.3 is 0 Å². The molecular weight excluding hydrogens is 483 g/mol. The van der Waals surface area contributed by atoms with Gasteiger partial charge in [-0.05, 0) is 57.5 Å². The topological polar surface area (TPSA) is 67.4 Å². The Morgan fingerprint density at radius 1 is 1.07 bits per heavy atom. The smallest absolute Gasteiger partial charge is 0.190 e. The van der Waals surface area contributed by atoms with E-state index in [1.807, 2.05) is 13.0 Å². The summed E-state index contributed by atoms with van der Waals surface area (Å²) in [5.41, 5.74) is 1.24. The molecule has 0 spiro atoms. The lowest BCUT2D eigenvalue weighted by molar-refractivity contribution is 0.161. The highest BCUT2D eigenvalue weighted by Crippen LogP contribution is 2.28. The Labute approximate surface area is 193 Å². The second-order valence-electron chi connectivity index (χ2n) is 6.60. The Hall–Kier alpha value is -1.26. The number of methoxy groups -OCH3 is 2. The van der Waals surface area contributed by atoms with Crippen LogP contribution in [0.1, 0.15) is 25.3 Å². The van der Waals surface area contributed by atoms with Crippen molar-refractivity contribution in [3.63, 3.8) is 0 Å². The molecule has 0 aliphatic heterocycles. The summed E-state index contributed by atoms with van der Waals surface area (Å²) in [5, 5.41) is 6.74. The average Bonchev–Trinajstić information content (AvgIpc) is 2.71. The number of aryl methyl sites for hydroxylation is 1. The number of rotatable bonds is 14. The molecule has 168 valence electrons. The maximum absolute atomic E-state index is 5.64. The van der Waals surface area contributed by atoms with E-state index in [1.54, 1.807) is 21.3 Å². The third-order valence-electron chi connectivity index (χ3n) is 4.37. The third kappa shape index (κ3) is 12.1. The molecule has 0 atom stereocenters. The minimum Gasteiger partial charge on any atom is -0.493 e. The second kappa shape index (κ2) is 17.6. The molecule has 7 nitrogen and oxygen atoms in total. The van der Waals surface area contributed by atoms with Crippen molar-refractivity contribution in [2.75, 3.05) is 67.7 Å². The van der Waals surface area contributed by atoms with Gasteiger partial charge in [-0.25, -0.2) is 0 Å². The van der Waals surface area contributed by atoms with Gasteiger partial charge in [-0.3, -0.25) is 4.99 Å². The van der Waals surface area contributed by atoms with Gasteiger partial charge in [-0.15, -0.1) is 24.0 Å². The number of halogens is 1. The first-order valence-electron chi connectivity index (χ1n) is 10.1. The van der Waals surface area contributed by atoms with E-state index in [-0.39, 0.29) is 24.0 Å². The van der Waals surface area contributed by atoms with Gasteiger partial charge in [0.05, 0.1) is 20.3 Å². The van der Waals surface area contributed by atoms with Gasteiger partial charge in [-0.2, -0.15) is 0 Å². The van der Waals surface area contributed by atoms with Crippen LogP contribution in [0.15, 0.2) is 23.2 Å². The average molecular weight is 522 g/mol. The molecule has 0 aliphatic carbocycles. The van der Waals surface area contributed by atoms with Crippen LogP contribution in [0.3, 0.4) is 0 Å². The van der Waals surface area contributed by atoms with Crippen molar-refractivity contribution in [2.45, 2.75) is 26.2 Å². The predicted molar refractivity (Wildman–Crippen MR) is 131 cm³/mol. The number of guanidine groups is 1. The van der Waals surface area contributed by atoms with Crippen molar-refractivity contribution >= 4 is 29.9 Å². The predicted octanol–water partition coefficient (Wildman–Crippen LogP) is 2.78. The summed E-state index contributed by atoms with van der Waals surface area (Å²) in [4.78, 5) is 6.55. The van der Waals surface area contributed by atoms with Gasteiger partial charge < -0.3 is 29.7 Å². The van der Waals surface area contributed by atoms with Gasteiger partial charge in [-0.1, -0.05) is 6.07 Å². The zero-order valence-electron chi connectivity index (χ0n) is 18.6. The summed E-state index contributed by atoms with van der Waals surface area (Å²) >= 11 is 0. The van der Waals surface area contributed by atoms with Crippen molar-refractivity contribution in [2.24, 2.45) is 4.99 Å². The SMILES string of the molecule is CCOc1cc(CCCNC(=NC)NCCCN(C)CCOC)ccc1OC.I. The monoisotopic (exact) mass is 522 g/mol. The summed E-state index contributed by atoms with van der Waals surface area (Å²) in [6.45, 7) is 7.13. The molecule has 1 aromatic carbocycles. The molecule has 0 unspecified atom stereocenters. The molecule has 0 heterocycles. The van der Waals surface area contributed by atoms with Crippen molar-refractivity contribution < 1.29 is 14.2 Å². The highest BCUT2D eigenvalue weighted by Gasteiger charge is 2.05. The number of hydrogen-bond donors (Lipinski definition) is 2. The first kappa shape index (κ1) is 27.7. The summed E-state index contributed by atoms with van der Waals surface area (Å²) in [6.07, 6.45) is 3.05. The first-order valence-corrected chi connectivity index (χ1v) is 10.1. The fourth-order valence-corrected chi connectivity index (χ4v) is 2.78. The van der Waals surface area contributed by atoms with Crippen molar-refractivity contribution in [3.05, 3.63) is 23.8 Å². The molecule has 0 aromatic heterocycles. The van der Waals surface area contributed by atoms with E-state index in [0.29, 0.717) is 6.61 Å². The van der Waals surface area contributed by atoms with E-state index in [9.17, 15) is 0 Å². The van der Waals surface area contributed by atoms with E-state index in [0.717, 1.165) is 69.5 Å². The maximum Gasteiger partial charge on any atom is 0.190 e. The molecule has 1 aromatic rings. The second-order valence-corrected chi connectivity index (χ2v) is 6.60. The highest BCUT2D eigenvalue weighted by molar-refractivity contribution is 14.0. The zero-order valence-corrected chi connectivity index (χ0v) is 21.0. The summed E-state index contributed by atoms with van der Waals surface area (Å²) in [7, 11) is 7.31. The Bertz CT molecular complexity index is 573. The Balaban J connectivity index is 0.00000784. The lowest BCUT2D eigenvalue weighted by Gasteiger charge is -2.17. The number of aliphatic imine (C=N–C) groups is 1. The quantitative estimate of drug-likeness (QED) is 0.170. The highest BCUT2D eigenvalue weighted by atomic mass is 127. The van der Waals surface area contributed by atoms with Crippen LogP contribution in [0.5, 0.6) is 11.5 Å². The Morgan fingerprint density at radius 3 is 2.41 bits per heavy atom. The van der Waals surface area contributed by atoms with Gasteiger partial charge in [0, 0.05) is 33.8 Å². The van der Waals surface area contributed by atoms with Crippen molar-refractivity contribution in [3.8, 4) is 11.5 Å². The summed E-state index contributed by atoms with van der Waals surface area (Å²) < 4.78 is 16.1. The van der Waals surface area contributed by atoms with Gasteiger partial charge in [0.25, 0.3) is 0 Å². The van der Waals surface area contributed by atoms with Gasteiger partial charge in [0.15, 0.2) is 17.5 Å². The molecule has 0 fully saturated rings. The number of benzene rings is 1. The summed E-state index contributed by atoms with van der Waals surface area (Å²) in [6, 6.07) is 6.13. The molecule has 1 rings (SSSR count). The largest absolute Gasteiger partial charge is 0.493 e. The number of hydrogen-bond acceptors (Lipinski definition) is 5. The molecule has 0 radical (unpaired) electrons. The molecule has 29 heavy (non-hydrogen) atoms. The van der Waals surface area contributed by atoms with Crippen LogP contribution in [0, 0.1) is 0 Å². The molecule has 0 amide bonds. The molecule has 0 bridgehead atoms. The van der Waals surface area contributed by atoms with Crippen LogP contribution in [-0.2, 0) is 11.2 Å². The summed E-state index contributed by atoms with van der Waals surface area (Å²) in [5.74, 6) is 2.44. The van der Waals surface area contributed by atoms with Crippen LogP contribution in [0.4, 0.5) is 0 Å². The Morgan fingerprint density at radius 2 is 1.79 bits per heavy atom. The number of likely N-dealkylation sites (N-methyl/N-ethyl adjacent to an activating group) is 1. The number of nitrogens with one attached hydrogen (secondary N) is 2. The van der Waals surface area contributed by atoms with Crippen LogP contribution in [0.25, 0.3) is 0 Å². The first-order chi connectivity index (χ1) is 13.6. The molecule has 0 saturated carbocycles. The minimum absolute atomic E-state index is 0. The van der Waals surface area contributed by atoms with E-state index in [1.165, 1.54) is 5.56 Å². The molecular formula is C21H39IN4O3.